The molecule has 9 heteroatoms. The highest BCUT2D eigenvalue weighted by molar-refractivity contribution is 6.34. The van der Waals surface area contributed by atoms with Gasteiger partial charge in [0, 0.05) is 30.1 Å². The van der Waals surface area contributed by atoms with Crippen molar-refractivity contribution in [3.05, 3.63) is 64.3 Å². The quantitative estimate of drug-likeness (QED) is 0.425. The van der Waals surface area contributed by atoms with Crippen molar-refractivity contribution in [1.82, 2.24) is 9.88 Å². The summed E-state index contributed by atoms with van der Waals surface area (Å²) in [6.45, 7) is 6.29. The third kappa shape index (κ3) is 5.71. The van der Waals surface area contributed by atoms with Crippen LogP contribution in [0, 0.1) is 5.92 Å². The monoisotopic (exact) mass is 471 g/mol. The zero-order valence-electron chi connectivity index (χ0n) is 18.6. The molecule has 3 N–H and O–H groups in total. The Morgan fingerprint density at radius 1 is 1.12 bits per heavy atom. The number of hydrogen-bond acceptors (Lipinski definition) is 4. The Bertz CT molecular complexity index is 1200. The molecule has 174 valence electrons. The van der Waals surface area contributed by atoms with Crippen molar-refractivity contribution in [1.29, 1.82) is 0 Å². The van der Waals surface area contributed by atoms with Crippen LogP contribution < -0.4 is 10.6 Å². The van der Waals surface area contributed by atoms with Crippen molar-refractivity contribution in [2.45, 2.75) is 34.0 Å². The number of rotatable bonds is 9. The molecule has 0 fully saturated rings. The minimum absolute atomic E-state index is 0.0822. The zero-order chi connectivity index (χ0) is 24.1. The Kier molecular flexibility index (Phi) is 7.73. The van der Waals surface area contributed by atoms with E-state index in [-0.39, 0.29) is 41.4 Å². The molecular formula is C24H26ClN3O5. The summed E-state index contributed by atoms with van der Waals surface area (Å²) in [5.41, 5.74) is 2.29. The zero-order valence-corrected chi connectivity index (χ0v) is 19.4. The highest BCUT2D eigenvalue weighted by Gasteiger charge is 2.17. The first-order chi connectivity index (χ1) is 15.7. The third-order valence-corrected chi connectivity index (χ3v) is 5.40. The lowest BCUT2D eigenvalue weighted by Crippen LogP contribution is -2.27. The van der Waals surface area contributed by atoms with Crippen molar-refractivity contribution >= 4 is 46.0 Å². The van der Waals surface area contributed by atoms with Crippen LogP contribution in [-0.4, -0.2) is 34.1 Å². The fourth-order valence-electron chi connectivity index (χ4n) is 3.30. The lowest BCUT2D eigenvalue weighted by molar-refractivity contribution is -0.124. The van der Waals surface area contributed by atoms with Gasteiger partial charge in [-0.3, -0.25) is 9.59 Å². The lowest BCUT2D eigenvalue weighted by atomic mass is 10.1. The minimum Gasteiger partial charge on any atom is -0.477 e. The predicted octanol–water partition coefficient (Wildman–Crippen LogP) is 4.51. The number of carbonyl (C=O) groups is 3. The summed E-state index contributed by atoms with van der Waals surface area (Å²) >= 11 is 6.24. The maximum atomic E-state index is 12.9. The molecule has 0 aliphatic carbocycles. The first-order valence-corrected chi connectivity index (χ1v) is 10.9. The molecule has 0 aliphatic rings. The Labute approximate surface area is 196 Å². The van der Waals surface area contributed by atoms with E-state index < -0.39 is 11.9 Å². The second-order valence-electron chi connectivity index (χ2n) is 7.80. The van der Waals surface area contributed by atoms with Gasteiger partial charge in [0.15, 0.2) is 0 Å². The van der Waals surface area contributed by atoms with Gasteiger partial charge in [0.25, 0.3) is 5.91 Å². The van der Waals surface area contributed by atoms with Crippen LogP contribution in [0.15, 0.2) is 42.5 Å². The number of nitrogens with zero attached hydrogens (tertiary/aromatic N) is 1. The second kappa shape index (κ2) is 10.5. The molecule has 2 amide bonds. The summed E-state index contributed by atoms with van der Waals surface area (Å²) in [6, 6.07) is 11.7. The average Bonchev–Trinajstić information content (AvgIpc) is 3.14. The van der Waals surface area contributed by atoms with Gasteiger partial charge < -0.3 is 25.0 Å². The normalized spacial score (nSPS) is 11.1. The Morgan fingerprint density at radius 2 is 1.88 bits per heavy atom. The largest absolute Gasteiger partial charge is 0.477 e. The van der Waals surface area contributed by atoms with Gasteiger partial charge in [0.05, 0.1) is 16.1 Å². The standard InChI is InChI=1S/C24H26ClN3O5/c1-4-33-13-28-20-8-6-17(10-16(20)11-21(28)24(31)32)27-23(30)18-9-15(5-7-19(18)25)12-26-22(29)14(2)3/h5-11,14H,4,12-13H2,1-3H3,(H,26,29)(H,27,30)(H,31,32). The van der Waals surface area contributed by atoms with Gasteiger partial charge in [-0.1, -0.05) is 31.5 Å². The fraction of sp³-hybridized carbons (Fsp3) is 0.292. The van der Waals surface area contributed by atoms with Crippen molar-refractivity contribution in [2.24, 2.45) is 5.92 Å². The number of anilines is 1. The van der Waals surface area contributed by atoms with Gasteiger partial charge in [0.2, 0.25) is 5.91 Å². The molecule has 0 aliphatic heterocycles. The number of fused-ring (bicyclic) bond motifs is 1. The summed E-state index contributed by atoms with van der Waals surface area (Å²) in [5.74, 6) is -1.70. The highest BCUT2D eigenvalue weighted by atomic mass is 35.5. The number of carboxylic acid groups (broad SMARTS) is 1. The highest BCUT2D eigenvalue weighted by Crippen LogP contribution is 2.25. The number of aromatic carboxylic acids is 1. The van der Waals surface area contributed by atoms with E-state index >= 15 is 0 Å². The summed E-state index contributed by atoms with van der Waals surface area (Å²) in [7, 11) is 0. The summed E-state index contributed by atoms with van der Waals surface area (Å²) in [6.07, 6.45) is 0. The molecule has 8 nitrogen and oxygen atoms in total. The molecule has 0 bridgehead atoms. The van der Waals surface area contributed by atoms with Gasteiger partial charge in [-0.2, -0.15) is 0 Å². The van der Waals surface area contributed by atoms with Crippen LogP contribution in [0.2, 0.25) is 5.02 Å². The molecule has 0 spiro atoms. The molecule has 0 radical (unpaired) electrons. The van der Waals surface area contributed by atoms with Crippen LogP contribution in [0.1, 0.15) is 47.2 Å². The molecular weight excluding hydrogens is 446 g/mol. The van der Waals surface area contributed by atoms with Crippen LogP contribution in [0.25, 0.3) is 10.9 Å². The summed E-state index contributed by atoms with van der Waals surface area (Å²) in [4.78, 5) is 36.3. The molecule has 0 atom stereocenters. The molecule has 2 aromatic carbocycles. The van der Waals surface area contributed by atoms with E-state index in [0.29, 0.717) is 23.2 Å². The fourth-order valence-corrected chi connectivity index (χ4v) is 3.50. The third-order valence-electron chi connectivity index (χ3n) is 5.07. The molecule has 0 unspecified atom stereocenters. The van der Waals surface area contributed by atoms with Crippen molar-refractivity contribution in [3.8, 4) is 0 Å². The van der Waals surface area contributed by atoms with E-state index in [9.17, 15) is 19.5 Å². The van der Waals surface area contributed by atoms with Gasteiger partial charge in [0.1, 0.15) is 12.4 Å². The maximum Gasteiger partial charge on any atom is 0.352 e. The summed E-state index contributed by atoms with van der Waals surface area (Å²) < 4.78 is 6.96. The number of halogens is 1. The molecule has 1 heterocycles. The molecule has 33 heavy (non-hydrogen) atoms. The van der Waals surface area contributed by atoms with Crippen LogP contribution in [0.4, 0.5) is 5.69 Å². The van der Waals surface area contributed by atoms with Crippen LogP contribution in [-0.2, 0) is 22.8 Å². The van der Waals surface area contributed by atoms with Crippen molar-refractivity contribution in [2.75, 3.05) is 11.9 Å². The van der Waals surface area contributed by atoms with Gasteiger partial charge in [-0.25, -0.2) is 4.79 Å². The molecule has 3 aromatic rings. The number of carbonyl (C=O) groups excluding carboxylic acids is 2. The van der Waals surface area contributed by atoms with Crippen molar-refractivity contribution < 1.29 is 24.2 Å². The first-order valence-electron chi connectivity index (χ1n) is 10.5. The number of nitrogens with one attached hydrogen (secondary N) is 2. The average molecular weight is 472 g/mol. The van der Waals surface area contributed by atoms with Crippen LogP contribution in [0.5, 0.6) is 0 Å². The minimum atomic E-state index is -1.07. The van der Waals surface area contributed by atoms with E-state index in [1.54, 1.807) is 54.8 Å². The number of amides is 2. The van der Waals surface area contributed by atoms with E-state index in [1.807, 2.05) is 6.92 Å². The number of ether oxygens (including phenoxy) is 1. The Morgan fingerprint density at radius 3 is 2.55 bits per heavy atom. The number of hydrogen-bond donors (Lipinski definition) is 3. The van der Waals surface area contributed by atoms with Gasteiger partial charge in [-0.05, 0) is 48.9 Å². The van der Waals surface area contributed by atoms with E-state index in [0.717, 1.165) is 5.56 Å². The molecule has 0 saturated heterocycles. The van der Waals surface area contributed by atoms with E-state index in [2.05, 4.69) is 10.6 Å². The summed E-state index contributed by atoms with van der Waals surface area (Å²) in [5, 5.41) is 16.1. The number of aromatic nitrogens is 1. The van der Waals surface area contributed by atoms with E-state index in [4.69, 9.17) is 16.3 Å². The molecule has 1 aromatic heterocycles. The van der Waals surface area contributed by atoms with E-state index in [1.165, 1.54) is 6.07 Å². The molecule has 3 rings (SSSR count). The SMILES string of the molecule is CCOCn1c(C(=O)O)cc2cc(NC(=O)c3cc(CNC(=O)C(C)C)ccc3Cl)ccc21. The predicted molar refractivity (Wildman–Crippen MR) is 127 cm³/mol. The lowest BCUT2D eigenvalue weighted by Gasteiger charge is -2.11. The van der Waals surface area contributed by atoms with Gasteiger partial charge in [-0.15, -0.1) is 0 Å². The second-order valence-corrected chi connectivity index (χ2v) is 8.21. The first kappa shape index (κ1) is 24.3. The number of benzene rings is 2. The Hall–Kier alpha value is -3.36. The van der Waals surface area contributed by atoms with Crippen LogP contribution in [0.3, 0.4) is 0 Å². The number of carboxylic acids is 1. The van der Waals surface area contributed by atoms with Gasteiger partial charge >= 0.3 is 5.97 Å². The van der Waals surface area contributed by atoms with Crippen LogP contribution >= 0.6 is 11.6 Å². The smallest absolute Gasteiger partial charge is 0.352 e. The topological polar surface area (TPSA) is 110 Å². The molecule has 0 saturated carbocycles. The Balaban J connectivity index is 1.82. The van der Waals surface area contributed by atoms with Crippen molar-refractivity contribution in [3.63, 3.8) is 0 Å². The maximum absolute atomic E-state index is 12.9.